The number of benzene rings is 3. The summed E-state index contributed by atoms with van der Waals surface area (Å²) in [4.78, 5) is -0.498. The summed E-state index contributed by atoms with van der Waals surface area (Å²) in [7, 11) is -7.41. The Hall–Kier alpha value is -1.62. The predicted molar refractivity (Wildman–Crippen MR) is 102 cm³/mol. The molecule has 0 fully saturated rings. The van der Waals surface area contributed by atoms with Gasteiger partial charge in [0.25, 0.3) is 10.1 Å². The van der Waals surface area contributed by atoms with Crippen LogP contribution in [0, 0.1) is 0 Å². The second-order valence-electron chi connectivity index (χ2n) is 5.33. The second kappa shape index (κ2) is 8.17. The Bertz CT molecular complexity index is 1190. The zero-order valence-corrected chi connectivity index (χ0v) is 15.1. The summed E-state index contributed by atoms with van der Waals surface area (Å²) >= 11 is 0. The van der Waals surface area contributed by atoms with E-state index in [2.05, 4.69) is 0 Å². The molecule has 7 nitrogen and oxygen atoms in total. The molecule has 0 atom stereocenters. The number of hydrogen-bond acceptors (Lipinski definition) is 6. The van der Waals surface area contributed by atoms with Crippen molar-refractivity contribution in [3.63, 3.8) is 0 Å². The van der Waals surface area contributed by atoms with Gasteiger partial charge < -0.3 is 8.92 Å². The first-order chi connectivity index (χ1) is 12.2. The van der Waals surface area contributed by atoms with Gasteiger partial charge in [0.1, 0.15) is 4.90 Å². The molecule has 27 heavy (non-hydrogen) atoms. The number of fused-ring (bicyclic) bond motifs is 1. The molecule has 3 aromatic rings. The van der Waals surface area contributed by atoms with Gasteiger partial charge in [0.05, 0.1) is 12.0 Å². The van der Waals surface area contributed by atoms with Crippen LogP contribution in [0.2, 0.25) is 0 Å². The molecule has 0 amide bonds. The molecule has 0 radical (unpaired) electrons. The quantitative estimate of drug-likeness (QED) is 0.385. The minimum atomic E-state index is -4.46. The van der Waals surface area contributed by atoms with E-state index in [-0.39, 0.29) is 46.0 Å². The zero-order chi connectivity index (χ0) is 18.9. The van der Waals surface area contributed by atoms with E-state index in [0.29, 0.717) is 0 Å². The van der Waals surface area contributed by atoms with Gasteiger partial charge >= 0.3 is 39.7 Å². The molecule has 0 saturated carbocycles. The third-order valence-corrected chi connectivity index (χ3v) is 5.72. The molecule has 0 aliphatic heterocycles. The summed E-state index contributed by atoms with van der Waals surface area (Å²) < 4.78 is 66.6. The number of methoxy groups -OCH3 is 1. The Morgan fingerprint density at radius 2 is 1.41 bits per heavy atom. The molecule has 0 aliphatic rings. The van der Waals surface area contributed by atoms with Crippen molar-refractivity contribution in [3.05, 3.63) is 60.7 Å². The molecule has 0 spiro atoms. The molecule has 1 N–H and O–H groups in total. The van der Waals surface area contributed by atoms with E-state index in [4.69, 9.17) is 13.5 Å². The van der Waals surface area contributed by atoms with E-state index >= 15 is 0 Å². The molecule has 0 aliphatic carbocycles. The van der Waals surface area contributed by atoms with Gasteiger partial charge in [-0.1, -0.05) is 30.3 Å². The van der Waals surface area contributed by atoms with Gasteiger partial charge in [0.15, 0.2) is 11.5 Å². The average Bonchev–Trinajstić information content (AvgIpc) is 2.60. The molecule has 138 valence electrons. The summed E-state index contributed by atoms with van der Waals surface area (Å²) in [6, 6.07) is 14.9. The van der Waals surface area contributed by atoms with Gasteiger partial charge in [-0.25, -0.2) is 0 Å². The fourth-order valence-electron chi connectivity index (χ4n) is 2.37. The van der Waals surface area contributed by atoms with Crippen molar-refractivity contribution in [2.45, 2.75) is 9.79 Å². The van der Waals surface area contributed by atoms with Gasteiger partial charge in [-0.15, -0.1) is 0 Å². The minimum absolute atomic E-state index is 0. The van der Waals surface area contributed by atoms with E-state index in [1.54, 1.807) is 18.2 Å². The molecule has 0 heterocycles. The van der Waals surface area contributed by atoms with Crippen molar-refractivity contribution < 1.29 is 30.3 Å². The number of ether oxygens (including phenoxy) is 1. The van der Waals surface area contributed by atoms with Crippen molar-refractivity contribution in [2.75, 3.05) is 7.11 Å². The molecular weight excluding hydrogens is 403 g/mol. The first-order valence-electron chi connectivity index (χ1n) is 7.29. The van der Waals surface area contributed by atoms with E-state index in [1.165, 1.54) is 19.2 Å². The van der Waals surface area contributed by atoms with Gasteiger partial charge in [-0.3, -0.25) is 4.55 Å². The van der Waals surface area contributed by atoms with Gasteiger partial charge in [-0.2, -0.15) is 16.8 Å². The third-order valence-electron chi connectivity index (χ3n) is 3.64. The Labute approximate surface area is 179 Å². The molecular formula is C17H15NaO7S2. The normalized spacial score (nSPS) is 11.6. The maximum absolute atomic E-state index is 12.5. The Kier molecular flexibility index (Phi) is 6.56. The Morgan fingerprint density at radius 3 is 2.04 bits per heavy atom. The van der Waals surface area contributed by atoms with Crippen molar-refractivity contribution in [1.82, 2.24) is 0 Å². The Morgan fingerprint density at radius 1 is 0.778 bits per heavy atom. The summed E-state index contributed by atoms with van der Waals surface area (Å²) in [6.07, 6.45) is 0. The zero-order valence-electron chi connectivity index (χ0n) is 13.5. The number of hydrogen-bond donors (Lipinski definition) is 1. The van der Waals surface area contributed by atoms with Crippen LogP contribution in [0.1, 0.15) is 0 Å². The molecule has 0 aromatic heterocycles. The van der Waals surface area contributed by atoms with Gasteiger partial charge in [0.2, 0.25) is 0 Å². The predicted octanol–water partition coefficient (Wildman–Crippen LogP) is 2.21. The molecule has 3 rings (SSSR count). The standard InChI is InChI=1S/C17H14O7S2.Na.H/c1-23-17-11-14(25(18,19)20)8-9-16(17)24-26(21,22)15-7-6-12-4-2-3-5-13(12)10-15;;/h2-11H,1H3,(H,18,19,20);;. The summed E-state index contributed by atoms with van der Waals surface area (Å²) in [5.41, 5.74) is 0. The third kappa shape index (κ3) is 4.81. The van der Waals surface area contributed by atoms with Gasteiger partial charge in [-0.05, 0) is 35.0 Å². The van der Waals surface area contributed by atoms with E-state index < -0.39 is 25.1 Å². The van der Waals surface area contributed by atoms with Crippen LogP contribution in [0.15, 0.2) is 70.5 Å². The molecule has 0 bridgehead atoms. The SMILES string of the molecule is COc1cc(S(=O)(=O)O)ccc1OS(=O)(=O)c1ccc2ccccc2c1.[NaH]. The van der Waals surface area contributed by atoms with Crippen molar-refractivity contribution >= 4 is 60.6 Å². The summed E-state index contributed by atoms with van der Waals surface area (Å²) in [5.74, 6) is -0.349. The average molecular weight is 418 g/mol. The topological polar surface area (TPSA) is 107 Å². The first kappa shape index (κ1) is 21.7. The van der Waals surface area contributed by atoms with Crippen molar-refractivity contribution in [2.24, 2.45) is 0 Å². The van der Waals surface area contributed by atoms with Crippen LogP contribution < -0.4 is 8.92 Å². The van der Waals surface area contributed by atoms with Crippen LogP contribution in [-0.2, 0) is 20.2 Å². The fourth-order valence-corrected chi connectivity index (χ4v) is 3.84. The van der Waals surface area contributed by atoms with Crippen LogP contribution in [0.5, 0.6) is 11.5 Å². The van der Waals surface area contributed by atoms with Crippen LogP contribution in [0.4, 0.5) is 0 Å². The molecule has 10 heteroatoms. The van der Waals surface area contributed by atoms with Crippen LogP contribution in [0.3, 0.4) is 0 Å². The van der Waals surface area contributed by atoms with Crippen LogP contribution in [0.25, 0.3) is 10.8 Å². The molecule has 0 saturated heterocycles. The number of rotatable bonds is 5. The van der Waals surface area contributed by atoms with Crippen LogP contribution in [-0.4, -0.2) is 58.1 Å². The second-order valence-corrected chi connectivity index (χ2v) is 8.30. The maximum atomic E-state index is 12.5. The molecule has 3 aromatic carbocycles. The summed E-state index contributed by atoms with van der Waals surface area (Å²) in [5, 5.41) is 1.60. The molecule has 0 unspecified atom stereocenters. The van der Waals surface area contributed by atoms with Crippen molar-refractivity contribution in [3.8, 4) is 11.5 Å². The van der Waals surface area contributed by atoms with E-state index in [0.717, 1.165) is 29.0 Å². The van der Waals surface area contributed by atoms with E-state index in [1.807, 2.05) is 12.1 Å². The van der Waals surface area contributed by atoms with Crippen LogP contribution >= 0.6 is 0 Å². The summed E-state index contributed by atoms with van der Waals surface area (Å²) in [6.45, 7) is 0. The van der Waals surface area contributed by atoms with E-state index in [9.17, 15) is 16.8 Å². The van der Waals surface area contributed by atoms with Gasteiger partial charge in [0, 0.05) is 6.07 Å². The first-order valence-corrected chi connectivity index (χ1v) is 10.1. The fraction of sp³-hybridized carbons (Fsp3) is 0.0588. The monoisotopic (exact) mass is 418 g/mol. The Balaban J connectivity index is 0.00000261. The van der Waals surface area contributed by atoms with Crippen molar-refractivity contribution in [1.29, 1.82) is 0 Å².